The molecular formula is C9H16N4. The van der Waals surface area contributed by atoms with Gasteiger partial charge in [-0.2, -0.15) is 10.1 Å². The topological polar surface area (TPSA) is 56.7 Å². The van der Waals surface area contributed by atoms with Crippen LogP contribution in [0.15, 0.2) is 0 Å². The smallest absolute Gasteiger partial charge is 0.218 e. The van der Waals surface area contributed by atoms with Gasteiger partial charge in [0.2, 0.25) is 5.95 Å². The third kappa shape index (κ3) is 1.53. The van der Waals surface area contributed by atoms with Crippen LogP contribution in [-0.2, 0) is 6.42 Å². The molecule has 1 heterocycles. The normalized spacial score (nSPS) is 18.2. The minimum Gasteiger partial charge on any atom is -0.368 e. The minimum atomic E-state index is 0.507. The van der Waals surface area contributed by atoms with Gasteiger partial charge in [-0.05, 0) is 12.8 Å². The Morgan fingerprint density at radius 1 is 1.46 bits per heavy atom. The highest BCUT2D eigenvalue weighted by molar-refractivity contribution is 5.17. The first-order valence-electron chi connectivity index (χ1n) is 5.02. The second-order valence-electron chi connectivity index (χ2n) is 3.62. The molecule has 0 saturated heterocycles. The van der Waals surface area contributed by atoms with Gasteiger partial charge in [0.05, 0.1) is 6.04 Å². The molecule has 1 fully saturated rings. The first-order valence-corrected chi connectivity index (χ1v) is 5.02. The summed E-state index contributed by atoms with van der Waals surface area (Å²) in [4.78, 5) is 4.20. The fourth-order valence-electron chi connectivity index (χ4n) is 1.95. The summed E-state index contributed by atoms with van der Waals surface area (Å²) in [5, 5.41) is 4.39. The number of anilines is 1. The lowest BCUT2D eigenvalue weighted by Gasteiger charge is -2.09. The van der Waals surface area contributed by atoms with E-state index in [1.165, 1.54) is 25.7 Å². The molecule has 1 aliphatic rings. The number of hydrogen-bond donors (Lipinski definition) is 1. The van der Waals surface area contributed by atoms with Crippen LogP contribution in [0.1, 0.15) is 44.5 Å². The highest BCUT2D eigenvalue weighted by atomic mass is 15.4. The van der Waals surface area contributed by atoms with Crippen LogP contribution < -0.4 is 5.73 Å². The number of nitrogens with two attached hydrogens (primary N) is 1. The summed E-state index contributed by atoms with van der Waals surface area (Å²) >= 11 is 0. The molecule has 72 valence electrons. The maximum atomic E-state index is 5.79. The van der Waals surface area contributed by atoms with E-state index < -0.39 is 0 Å². The number of aromatic nitrogens is 3. The first kappa shape index (κ1) is 8.53. The third-order valence-corrected chi connectivity index (χ3v) is 2.69. The monoisotopic (exact) mass is 180 g/mol. The Balaban J connectivity index is 2.22. The average Bonchev–Trinajstić information content (AvgIpc) is 2.72. The molecular weight excluding hydrogens is 164 g/mol. The van der Waals surface area contributed by atoms with Crippen LogP contribution in [0.5, 0.6) is 0 Å². The number of nitrogen functional groups attached to an aromatic ring is 1. The van der Waals surface area contributed by atoms with Crippen LogP contribution in [0.25, 0.3) is 0 Å². The van der Waals surface area contributed by atoms with E-state index in [4.69, 9.17) is 5.73 Å². The third-order valence-electron chi connectivity index (χ3n) is 2.69. The van der Waals surface area contributed by atoms with E-state index in [0.717, 1.165) is 12.2 Å². The summed E-state index contributed by atoms with van der Waals surface area (Å²) in [5.41, 5.74) is 5.79. The van der Waals surface area contributed by atoms with Crippen molar-refractivity contribution in [3.63, 3.8) is 0 Å². The molecule has 0 unspecified atom stereocenters. The van der Waals surface area contributed by atoms with E-state index in [0.29, 0.717) is 12.0 Å². The Kier molecular flexibility index (Phi) is 2.20. The van der Waals surface area contributed by atoms with Crippen molar-refractivity contribution in [2.24, 2.45) is 0 Å². The largest absolute Gasteiger partial charge is 0.368 e. The summed E-state index contributed by atoms with van der Waals surface area (Å²) in [5.74, 6) is 1.45. The van der Waals surface area contributed by atoms with E-state index in [1.54, 1.807) is 0 Å². The van der Waals surface area contributed by atoms with Crippen molar-refractivity contribution in [3.8, 4) is 0 Å². The van der Waals surface area contributed by atoms with Crippen molar-refractivity contribution >= 4 is 5.95 Å². The number of rotatable bonds is 2. The van der Waals surface area contributed by atoms with Gasteiger partial charge in [-0.15, -0.1) is 0 Å². The lowest BCUT2D eigenvalue weighted by Crippen LogP contribution is -2.10. The number of aryl methyl sites for hydroxylation is 1. The molecule has 4 heteroatoms. The lowest BCUT2D eigenvalue weighted by molar-refractivity contribution is 0.469. The molecule has 0 aliphatic heterocycles. The molecule has 0 amide bonds. The molecule has 1 aromatic heterocycles. The molecule has 0 bridgehead atoms. The second kappa shape index (κ2) is 3.36. The molecule has 4 nitrogen and oxygen atoms in total. The Hall–Kier alpha value is -1.06. The van der Waals surface area contributed by atoms with Crippen LogP contribution in [0.4, 0.5) is 5.95 Å². The van der Waals surface area contributed by atoms with Crippen LogP contribution in [0.2, 0.25) is 0 Å². The summed E-state index contributed by atoms with van der Waals surface area (Å²) in [7, 11) is 0. The van der Waals surface area contributed by atoms with Gasteiger partial charge in [-0.1, -0.05) is 19.8 Å². The van der Waals surface area contributed by atoms with E-state index in [2.05, 4.69) is 10.1 Å². The Labute approximate surface area is 78.1 Å². The molecule has 1 aliphatic carbocycles. The van der Waals surface area contributed by atoms with Gasteiger partial charge < -0.3 is 5.73 Å². The van der Waals surface area contributed by atoms with Gasteiger partial charge in [0.15, 0.2) is 5.82 Å². The lowest BCUT2D eigenvalue weighted by atomic mass is 10.3. The van der Waals surface area contributed by atoms with Gasteiger partial charge in [0, 0.05) is 6.42 Å². The molecule has 13 heavy (non-hydrogen) atoms. The predicted molar refractivity (Wildman–Crippen MR) is 51.3 cm³/mol. The average molecular weight is 180 g/mol. The standard InChI is InChI=1S/C9H16N4/c1-2-8-11-9(10)13(12-8)7-5-3-4-6-7/h7H,2-6H2,1H3,(H2,10,11,12). The molecule has 0 spiro atoms. The van der Waals surface area contributed by atoms with E-state index >= 15 is 0 Å². The molecule has 1 aromatic rings. The van der Waals surface area contributed by atoms with E-state index in [9.17, 15) is 0 Å². The van der Waals surface area contributed by atoms with Gasteiger partial charge in [0.25, 0.3) is 0 Å². The summed E-state index contributed by atoms with van der Waals surface area (Å²) in [6.07, 6.45) is 5.87. The van der Waals surface area contributed by atoms with Crippen molar-refractivity contribution in [2.45, 2.75) is 45.1 Å². The SMILES string of the molecule is CCc1nc(N)n(C2CCCC2)n1. The van der Waals surface area contributed by atoms with Crippen molar-refractivity contribution in [1.29, 1.82) is 0 Å². The molecule has 1 saturated carbocycles. The van der Waals surface area contributed by atoms with Crippen LogP contribution >= 0.6 is 0 Å². The van der Waals surface area contributed by atoms with Crippen molar-refractivity contribution < 1.29 is 0 Å². The first-order chi connectivity index (χ1) is 6.31. The Bertz CT molecular complexity index is 286. The fraction of sp³-hybridized carbons (Fsp3) is 0.778. The van der Waals surface area contributed by atoms with Gasteiger partial charge in [-0.3, -0.25) is 0 Å². The molecule has 0 aromatic carbocycles. The highest BCUT2D eigenvalue weighted by Gasteiger charge is 2.20. The van der Waals surface area contributed by atoms with Crippen LogP contribution in [0.3, 0.4) is 0 Å². The maximum absolute atomic E-state index is 5.79. The van der Waals surface area contributed by atoms with Crippen LogP contribution in [0, 0.1) is 0 Å². The maximum Gasteiger partial charge on any atom is 0.218 e. The van der Waals surface area contributed by atoms with Crippen molar-refractivity contribution in [2.75, 3.05) is 5.73 Å². The summed E-state index contributed by atoms with van der Waals surface area (Å²) in [6, 6.07) is 0.507. The second-order valence-corrected chi connectivity index (χ2v) is 3.62. The minimum absolute atomic E-state index is 0.507. The predicted octanol–water partition coefficient (Wildman–Crippen LogP) is 1.54. The van der Waals surface area contributed by atoms with Crippen molar-refractivity contribution in [1.82, 2.24) is 14.8 Å². The quantitative estimate of drug-likeness (QED) is 0.751. The number of nitrogens with zero attached hydrogens (tertiary/aromatic N) is 3. The molecule has 0 radical (unpaired) electrons. The fourth-order valence-corrected chi connectivity index (χ4v) is 1.95. The molecule has 2 rings (SSSR count). The van der Waals surface area contributed by atoms with Gasteiger partial charge >= 0.3 is 0 Å². The van der Waals surface area contributed by atoms with Gasteiger partial charge in [0.1, 0.15) is 0 Å². The van der Waals surface area contributed by atoms with E-state index in [-0.39, 0.29) is 0 Å². The zero-order chi connectivity index (χ0) is 9.26. The van der Waals surface area contributed by atoms with E-state index in [1.807, 2.05) is 11.6 Å². The Morgan fingerprint density at radius 2 is 2.15 bits per heavy atom. The molecule has 0 atom stereocenters. The highest BCUT2D eigenvalue weighted by Crippen LogP contribution is 2.30. The molecule has 2 N–H and O–H groups in total. The summed E-state index contributed by atoms with van der Waals surface area (Å²) < 4.78 is 1.91. The summed E-state index contributed by atoms with van der Waals surface area (Å²) in [6.45, 7) is 2.05. The number of hydrogen-bond acceptors (Lipinski definition) is 3. The zero-order valence-corrected chi connectivity index (χ0v) is 8.03. The zero-order valence-electron chi connectivity index (χ0n) is 8.03. The van der Waals surface area contributed by atoms with Crippen LogP contribution in [-0.4, -0.2) is 14.8 Å². The van der Waals surface area contributed by atoms with Crippen molar-refractivity contribution in [3.05, 3.63) is 5.82 Å². The van der Waals surface area contributed by atoms with Gasteiger partial charge in [-0.25, -0.2) is 4.68 Å². The Morgan fingerprint density at radius 3 is 2.69 bits per heavy atom.